The summed E-state index contributed by atoms with van der Waals surface area (Å²) in [5.41, 5.74) is 2.65. The van der Waals surface area contributed by atoms with Crippen LogP contribution in [0.3, 0.4) is 0 Å². The molecule has 4 saturated heterocycles. The van der Waals surface area contributed by atoms with Gasteiger partial charge < -0.3 is 9.32 Å². The lowest BCUT2D eigenvalue weighted by Gasteiger charge is -2.51. The fourth-order valence-corrected chi connectivity index (χ4v) is 5.30. The molecule has 4 aliphatic rings. The first kappa shape index (κ1) is 15.2. The maximum Gasteiger partial charge on any atom is 0.289 e. The predicted molar refractivity (Wildman–Crippen MR) is 95.5 cm³/mol. The van der Waals surface area contributed by atoms with Crippen molar-refractivity contribution in [1.82, 2.24) is 9.80 Å². The summed E-state index contributed by atoms with van der Waals surface area (Å²) in [4.78, 5) is 17.8. The number of fused-ring (bicyclic) bond motifs is 2. The Labute approximate surface area is 148 Å². The van der Waals surface area contributed by atoms with Crippen molar-refractivity contribution >= 4 is 5.91 Å². The van der Waals surface area contributed by atoms with E-state index >= 15 is 0 Å². The lowest BCUT2D eigenvalue weighted by molar-refractivity contribution is -0.00428. The van der Waals surface area contributed by atoms with Crippen LogP contribution in [0.25, 0.3) is 0 Å². The van der Waals surface area contributed by atoms with Gasteiger partial charge in [0.25, 0.3) is 5.91 Å². The van der Waals surface area contributed by atoms with Gasteiger partial charge in [-0.05, 0) is 56.5 Å². The Morgan fingerprint density at radius 1 is 1.08 bits per heavy atom. The maximum absolute atomic E-state index is 13.1. The van der Waals surface area contributed by atoms with Crippen LogP contribution in [-0.4, -0.2) is 47.4 Å². The molecule has 5 heterocycles. The zero-order valence-electron chi connectivity index (χ0n) is 14.6. The van der Waals surface area contributed by atoms with Gasteiger partial charge in [-0.3, -0.25) is 9.69 Å². The molecule has 3 atom stereocenters. The number of rotatable bonds is 2. The van der Waals surface area contributed by atoms with Crippen LogP contribution in [0.1, 0.15) is 40.4 Å². The van der Waals surface area contributed by atoms with Gasteiger partial charge in [-0.2, -0.15) is 0 Å². The van der Waals surface area contributed by atoms with E-state index < -0.39 is 0 Å². The summed E-state index contributed by atoms with van der Waals surface area (Å²) >= 11 is 0. The highest BCUT2D eigenvalue weighted by atomic mass is 16.3. The molecule has 0 aliphatic carbocycles. The zero-order chi connectivity index (χ0) is 17.0. The van der Waals surface area contributed by atoms with Crippen LogP contribution in [0.4, 0.5) is 0 Å². The van der Waals surface area contributed by atoms with Crippen molar-refractivity contribution in [2.24, 2.45) is 5.92 Å². The number of carbonyl (C=O) groups excluding carboxylic acids is 1. The number of piperidine rings is 3. The molecule has 25 heavy (non-hydrogen) atoms. The van der Waals surface area contributed by atoms with E-state index in [1.54, 1.807) is 18.4 Å². The van der Waals surface area contributed by atoms with Crippen LogP contribution in [0, 0.1) is 12.8 Å². The van der Waals surface area contributed by atoms with Gasteiger partial charge in [-0.15, -0.1) is 0 Å². The minimum Gasteiger partial charge on any atom is -0.459 e. The van der Waals surface area contributed by atoms with Crippen LogP contribution in [0.15, 0.2) is 47.1 Å². The van der Waals surface area contributed by atoms with Crippen LogP contribution < -0.4 is 0 Å². The molecule has 6 rings (SSSR count). The second-order valence-electron chi connectivity index (χ2n) is 7.81. The third kappa shape index (κ3) is 2.35. The van der Waals surface area contributed by atoms with Gasteiger partial charge in [0, 0.05) is 18.5 Å². The summed E-state index contributed by atoms with van der Waals surface area (Å²) < 4.78 is 5.42. The van der Waals surface area contributed by atoms with Crippen molar-refractivity contribution in [3.05, 3.63) is 59.5 Å². The summed E-state index contributed by atoms with van der Waals surface area (Å²) in [6, 6.07) is 13.3. The molecular formula is C21H24N2O2. The molecule has 4 aliphatic heterocycles. The first-order chi connectivity index (χ1) is 12.2. The summed E-state index contributed by atoms with van der Waals surface area (Å²) in [6.45, 7) is 5.28. The van der Waals surface area contributed by atoms with Crippen molar-refractivity contribution < 1.29 is 9.21 Å². The monoisotopic (exact) mass is 336 g/mol. The summed E-state index contributed by atoms with van der Waals surface area (Å²) in [5, 5.41) is 0. The Hall–Kier alpha value is -2.07. The number of carbonyl (C=O) groups is 1. The van der Waals surface area contributed by atoms with E-state index in [4.69, 9.17) is 4.42 Å². The molecule has 0 spiro atoms. The largest absolute Gasteiger partial charge is 0.459 e. The van der Waals surface area contributed by atoms with Gasteiger partial charge in [0.05, 0.1) is 12.3 Å². The Balaban J connectivity index is 1.53. The third-order valence-corrected chi connectivity index (χ3v) is 6.49. The van der Waals surface area contributed by atoms with E-state index in [0.717, 1.165) is 6.54 Å². The molecule has 0 unspecified atom stereocenters. The highest BCUT2D eigenvalue weighted by Gasteiger charge is 2.54. The first-order valence-corrected chi connectivity index (χ1v) is 9.37. The number of likely N-dealkylation sites (tertiary alicyclic amines) is 1. The van der Waals surface area contributed by atoms with Crippen molar-refractivity contribution in [2.75, 3.05) is 19.6 Å². The molecule has 1 aromatic carbocycles. The second kappa shape index (κ2) is 5.73. The maximum atomic E-state index is 13.1. The normalized spacial score (nSPS) is 33.5. The molecule has 2 bridgehead atoms. The van der Waals surface area contributed by atoms with Crippen molar-refractivity contribution in [3.63, 3.8) is 0 Å². The standard InChI is InChI=1S/C21H24N2O2/c1-14-4-6-15(7-5-14)17-13-23(21(24)18-3-2-12-25-18)19-16-8-10-22(11-9-16)20(17)19/h2-7,12,16-17,19-20H,8-11,13H2,1H3/t17-,19+,20+/m0/s1. The van der Waals surface area contributed by atoms with Gasteiger partial charge in [0.1, 0.15) is 0 Å². The molecule has 2 aromatic rings. The molecule has 130 valence electrons. The molecule has 4 nitrogen and oxygen atoms in total. The highest BCUT2D eigenvalue weighted by molar-refractivity contribution is 5.92. The quantitative estimate of drug-likeness (QED) is 0.844. The van der Waals surface area contributed by atoms with Crippen molar-refractivity contribution in [2.45, 2.75) is 37.8 Å². The van der Waals surface area contributed by atoms with Gasteiger partial charge in [0.15, 0.2) is 5.76 Å². The molecule has 1 aromatic heterocycles. The number of hydrogen-bond donors (Lipinski definition) is 0. The average molecular weight is 336 g/mol. The zero-order valence-corrected chi connectivity index (χ0v) is 14.6. The highest BCUT2D eigenvalue weighted by Crippen LogP contribution is 2.46. The molecule has 4 fully saturated rings. The summed E-state index contributed by atoms with van der Waals surface area (Å²) in [6.07, 6.45) is 4.02. The van der Waals surface area contributed by atoms with Crippen molar-refractivity contribution in [3.8, 4) is 0 Å². The second-order valence-corrected chi connectivity index (χ2v) is 7.81. The number of hydrogen-bond acceptors (Lipinski definition) is 3. The Kier molecular flexibility index (Phi) is 3.49. The number of benzene rings is 1. The molecule has 4 heteroatoms. The molecule has 0 N–H and O–H groups in total. The number of aryl methyl sites for hydroxylation is 1. The third-order valence-electron chi connectivity index (χ3n) is 6.49. The van der Waals surface area contributed by atoms with E-state index in [1.165, 1.54) is 37.1 Å². The first-order valence-electron chi connectivity index (χ1n) is 9.37. The number of nitrogens with zero attached hydrogens (tertiary/aromatic N) is 2. The lowest BCUT2D eigenvalue weighted by atomic mass is 9.75. The van der Waals surface area contributed by atoms with Gasteiger partial charge in [0.2, 0.25) is 0 Å². The van der Waals surface area contributed by atoms with Gasteiger partial charge in [-0.25, -0.2) is 0 Å². The van der Waals surface area contributed by atoms with E-state index in [2.05, 4.69) is 41.0 Å². The van der Waals surface area contributed by atoms with E-state index in [-0.39, 0.29) is 5.91 Å². The van der Waals surface area contributed by atoms with E-state index in [1.807, 2.05) is 0 Å². The minimum absolute atomic E-state index is 0.0587. The van der Waals surface area contributed by atoms with E-state index in [9.17, 15) is 4.79 Å². The fourth-order valence-electron chi connectivity index (χ4n) is 5.30. The van der Waals surface area contributed by atoms with Crippen LogP contribution in [0.5, 0.6) is 0 Å². The fraction of sp³-hybridized carbons (Fsp3) is 0.476. The Bertz CT molecular complexity index is 760. The topological polar surface area (TPSA) is 36.7 Å². The number of amides is 1. The Morgan fingerprint density at radius 3 is 2.52 bits per heavy atom. The van der Waals surface area contributed by atoms with Crippen LogP contribution in [0.2, 0.25) is 0 Å². The summed E-state index contributed by atoms with van der Waals surface area (Å²) in [7, 11) is 0. The van der Waals surface area contributed by atoms with Crippen LogP contribution >= 0.6 is 0 Å². The SMILES string of the molecule is Cc1ccc([C@@H]2CN(C(=O)c3ccco3)[C@@H]3C4CCN(CC4)[C@@H]32)cc1. The van der Waals surface area contributed by atoms with Crippen LogP contribution in [-0.2, 0) is 0 Å². The average Bonchev–Trinajstić information content (AvgIpc) is 3.32. The molecule has 1 amide bonds. The van der Waals surface area contributed by atoms with Gasteiger partial charge in [-0.1, -0.05) is 29.8 Å². The summed E-state index contributed by atoms with van der Waals surface area (Å²) in [5.74, 6) is 1.56. The predicted octanol–water partition coefficient (Wildman–Crippen LogP) is 3.29. The minimum atomic E-state index is 0.0587. The number of furan rings is 1. The Morgan fingerprint density at radius 2 is 1.84 bits per heavy atom. The van der Waals surface area contributed by atoms with Gasteiger partial charge >= 0.3 is 0 Å². The molecule has 0 radical (unpaired) electrons. The molecular weight excluding hydrogens is 312 g/mol. The lowest BCUT2D eigenvalue weighted by Crippen LogP contribution is -2.60. The van der Waals surface area contributed by atoms with Crippen molar-refractivity contribution in [1.29, 1.82) is 0 Å². The smallest absolute Gasteiger partial charge is 0.289 e. The van der Waals surface area contributed by atoms with E-state index in [0.29, 0.717) is 29.7 Å². The molecule has 0 saturated carbocycles.